The first-order valence-corrected chi connectivity index (χ1v) is 6.70. The fourth-order valence-electron chi connectivity index (χ4n) is 1.99. The van der Waals surface area contributed by atoms with E-state index in [9.17, 15) is 14.0 Å². The third-order valence-corrected chi connectivity index (χ3v) is 3.08. The highest BCUT2D eigenvalue weighted by atomic mass is 19.1. The molecular weight excluding hydrogens is 269 g/mol. The summed E-state index contributed by atoms with van der Waals surface area (Å²) in [6.07, 6.45) is 0.726. The van der Waals surface area contributed by atoms with E-state index >= 15 is 0 Å². The molecular formula is C17H16FNO2. The number of carbonyl (C=O) groups is 2. The van der Waals surface area contributed by atoms with Crippen molar-refractivity contribution in [3.63, 3.8) is 0 Å². The zero-order valence-corrected chi connectivity index (χ0v) is 11.7. The third kappa shape index (κ3) is 4.53. The minimum atomic E-state index is -0.304. The van der Waals surface area contributed by atoms with Crippen LogP contribution in [0.25, 0.3) is 0 Å². The molecule has 0 aliphatic heterocycles. The summed E-state index contributed by atoms with van der Waals surface area (Å²) in [5, 5.41) is 2.74. The summed E-state index contributed by atoms with van der Waals surface area (Å²) in [7, 11) is 0. The monoisotopic (exact) mass is 285 g/mol. The summed E-state index contributed by atoms with van der Waals surface area (Å²) in [4.78, 5) is 23.1. The van der Waals surface area contributed by atoms with Gasteiger partial charge >= 0.3 is 0 Å². The summed E-state index contributed by atoms with van der Waals surface area (Å²) < 4.78 is 13.0. The van der Waals surface area contributed by atoms with Crippen LogP contribution in [0.1, 0.15) is 29.3 Å². The number of ketones is 1. The maximum Gasteiger partial charge on any atom is 0.224 e. The van der Waals surface area contributed by atoms with Crippen molar-refractivity contribution in [2.24, 2.45) is 0 Å². The lowest BCUT2D eigenvalue weighted by molar-refractivity contribution is -0.116. The first-order valence-electron chi connectivity index (χ1n) is 6.70. The number of nitrogens with one attached hydrogen (secondary N) is 1. The molecule has 0 spiro atoms. The zero-order chi connectivity index (χ0) is 15.2. The van der Waals surface area contributed by atoms with Gasteiger partial charge in [0.05, 0.1) is 0 Å². The lowest BCUT2D eigenvalue weighted by Gasteiger charge is -2.06. The molecule has 2 aromatic rings. The van der Waals surface area contributed by atoms with Crippen molar-refractivity contribution < 1.29 is 14.0 Å². The molecule has 3 nitrogen and oxygen atoms in total. The van der Waals surface area contributed by atoms with Gasteiger partial charge in [-0.2, -0.15) is 0 Å². The molecule has 0 heterocycles. The second-order valence-electron chi connectivity index (χ2n) is 4.82. The second-order valence-corrected chi connectivity index (χ2v) is 4.82. The highest BCUT2D eigenvalue weighted by Crippen LogP contribution is 2.12. The van der Waals surface area contributed by atoms with Gasteiger partial charge in [0, 0.05) is 17.7 Å². The van der Waals surface area contributed by atoms with Crippen LogP contribution in [0.15, 0.2) is 48.5 Å². The Morgan fingerprint density at radius 2 is 1.86 bits per heavy atom. The molecule has 1 N–H and O–H groups in total. The van der Waals surface area contributed by atoms with Gasteiger partial charge in [-0.25, -0.2) is 4.39 Å². The van der Waals surface area contributed by atoms with Crippen molar-refractivity contribution in [2.45, 2.75) is 19.8 Å². The zero-order valence-electron chi connectivity index (χ0n) is 11.7. The SMILES string of the molecule is CC(=O)c1cccc(NC(=O)CCc2cccc(F)c2)c1. The molecule has 0 aliphatic carbocycles. The predicted octanol–water partition coefficient (Wildman–Crippen LogP) is 3.60. The molecule has 0 saturated heterocycles. The summed E-state index contributed by atoms with van der Waals surface area (Å²) in [6, 6.07) is 13.0. The maximum absolute atomic E-state index is 13.0. The van der Waals surface area contributed by atoms with Crippen LogP contribution in [0, 0.1) is 5.82 Å². The van der Waals surface area contributed by atoms with Gasteiger partial charge in [-0.3, -0.25) is 9.59 Å². The molecule has 0 bridgehead atoms. The topological polar surface area (TPSA) is 46.2 Å². The standard InChI is InChI=1S/C17H16FNO2/c1-12(20)14-5-3-7-16(11-14)19-17(21)9-8-13-4-2-6-15(18)10-13/h2-7,10-11H,8-9H2,1H3,(H,19,21). The summed E-state index contributed by atoms with van der Waals surface area (Å²) in [6.45, 7) is 1.48. The van der Waals surface area contributed by atoms with Crippen LogP contribution in [0.5, 0.6) is 0 Å². The Bertz CT molecular complexity index is 667. The van der Waals surface area contributed by atoms with E-state index < -0.39 is 0 Å². The van der Waals surface area contributed by atoms with Crippen molar-refractivity contribution in [1.82, 2.24) is 0 Å². The molecule has 0 aliphatic rings. The maximum atomic E-state index is 13.0. The fourth-order valence-corrected chi connectivity index (χ4v) is 1.99. The average molecular weight is 285 g/mol. The van der Waals surface area contributed by atoms with Crippen LogP contribution in [0.4, 0.5) is 10.1 Å². The number of benzene rings is 2. The highest BCUT2D eigenvalue weighted by molar-refractivity contribution is 5.97. The Morgan fingerprint density at radius 3 is 2.57 bits per heavy atom. The van der Waals surface area contributed by atoms with Crippen LogP contribution < -0.4 is 5.32 Å². The fraction of sp³-hybridized carbons (Fsp3) is 0.176. The third-order valence-electron chi connectivity index (χ3n) is 3.08. The van der Waals surface area contributed by atoms with Gasteiger partial charge < -0.3 is 5.32 Å². The van der Waals surface area contributed by atoms with Crippen molar-refractivity contribution in [1.29, 1.82) is 0 Å². The number of Topliss-reactive ketones (excluding diaryl/α,β-unsaturated/α-hetero) is 1. The van der Waals surface area contributed by atoms with Crippen molar-refractivity contribution in [3.8, 4) is 0 Å². The van der Waals surface area contributed by atoms with Gasteiger partial charge in [-0.15, -0.1) is 0 Å². The summed E-state index contributed by atoms with van der Waals surface area (Å²) >= 11 is 0. The van der Waals surface area contributed by atoms with E-state index in [2.05, 4.69) is 5.32 Å². The van der Waals surface area contributed by atoms with Crippen molar-refractivity contribution in [3.05, 3.63) is 65.5 Å². The minimum Gasteiger partial charge on any atom is -0.326 e. The number of hydrogen-bond donors (Lipinski definition) is 1. The Morgan fingerprint density at radius 1 is 1.10 bits per heavy atom. The van der Waals surface area contributed by atoms with E-state index in [0.717, 1.165) is 5.56 Å². The van der Waals surface area contributed by atoms with Crippen LogP contribution in [0.3, 0.4) is 0 Å². The first-order chi connectivity index (χ1) is 10.0. The molecule has 21 heavy (non-hydrogen) atoms. The second kappa shape index (κ2) is 6.79. The number of rotatable bonds is 5. The first kappa shape index (κ1) is 14.9. The molecule has 0 fully saturated rings. The van der Waals surface area contributed by atoms with E-state index in [1.807, 2.05) is 0 Å². The normalized spacial score (nSPS) is 10.2. The van der Waals surface area contributed by atoms with Gasteiger partial charge in [-0.05, 0) is 43.2 Å². The minimum absolute atomic E-state index is 0.0501. The molecule has 0 saturated carbocycles. The lowest BCUT2D eigenvalue weighted by Crippen LogP contribution is -2.12. The van der Waals surface area contributed by atoms with Gasteiger partial charge in [0.15, 0.2) is 5.78 Å². The van der Waals surface area contributed by atoms with Crippen molar-refractivity contribution in [2.75, 3.05) is 5.32 Å². The number of hydrogen-bond acceptors (Lipinski definition) is 2. The molecule has 0 aromatic heterocycles. The molecule has 2 rings (SSSR count). The average Bonchev–Trinajstić information content (AvgIpc) is 2.45. The molecule has 1 amide bonds. The quantitative estimate of drug-likeness (QED) is 0.853. The number of halogens is 1. The van der Waals surface area contributed by atoms with Crippen LogP contribution in [-0.4, -0.2) is 11.7 Å². The smallest absolute Gasteiger partial charge is 0.224 e. The largest absolute Gasteiger partial charge is 0.326 e. The Balaban J connectivity index is 1.93. The van der Waals surface area contributed by atoms with E-state index in [1.165, 1.54) is 19.1 Å². The molecule has 0 radical (unpaired) electrons. The van der Waals surface area contributed by atoms with E-state index in [0.29, 0.717) is 17.7 Å². The van der Waals surface area contributed by atoms with E-state index in [4.69, 9.17) is 0 Å². The number of amides is 1. The number of anilines is 1. The molecule has 4 heteroatoms. The van der Waals surface area contributed by atoms with Crippen LogP contribution >= 0.6 is 0 Å². The molecule has 0 unspecified atom stereocenters. The van der Waals surface area contributed by atoms with Gasteiger partial charge in [0.2, 0.25) is 5.91 Å². The molecule has 0 atom stereocenters. The lowest BCUT2D eigenvalue weighted by atomic mass is 10.1. The van der Waals surface area contributed by atoms with Crippen LogP contribution in [-0.2, 0) is 11.2 Å². The Kier molecular flexibility index (Phi) is 4.82. The van der Waals surface area contributed by atoms with Gasteiger partial charge in [0.25, 0.3) is 0 Å². The van der Waals surface area contributed by atoms with Gasteiger partial charge in [0.1, 0.15) is 5.82 Å². The van der Waals surface area contributed by atoms with E-state index in [1.54, 1.807) is 36.4 Å². The Labute approximate surface area is 122 Å². The van der Waals surface area contributed by atoms with Gasteiger partial charge in [-0.1, -0.05) is 24.3 Å². The van der Waals surface area contributed by atoms with E-state index in [-0.39, 0.29) is 23.9 Å². The number of carbonyl (C=O) groups excluding carboxylic acids is 2. The van der Waals surface area contributed by atoms with Crippen LogP contribution in [0.2, 0.25) is 0 Å². The summed E-state index contributed by atoms with van der Waals surface area (Å²) in [5.41, 5.74) is 1.92. The highest BCUT2D eigenvalue weighted by Gasteiger charge is 2.06. The predicted molar refractivity (Wildman–Crippen MR) is 79.8 cm³/mol. The molecule has 108 valence electrons. The molecule has 2 aromatic carbocycles. The number of aryl methyl sites for hydroxylation is 1. The van der Waals surface area contributed by atoms with Crippen molar-refractivity contribution >= 4 is 17.4 Å². The summed E-state index contributed by atoms with van der Waals surface area (Å²) in [5.74, 6) is -0.520. The Hall–Kier alpha value is -2.49.